The van der Waals surface area contributed by atoms with E-state index in [4.69, 9.17) is 14.4 Å². The van der Waals surface area contributed by atoms with Crippen LogP contribution in [0.1, 0.15) is 25.0 Å². The third kappa shape index (κ3) is 4.34. The predicted molar refractivity (Wildman–Crippen MR) is 166 cm³/mol. The van der Waals surface area contributed by atoms with Gasteiger partial charge in [0.2, 0.25) is 5.89 Å². The van der Waals surface area contributed by atoms with E-state index >= 15 is 0 Å². The van der Waals surface area contributed by atoms with Crippen molar-refractivity contribution in [1.29, 1.82) is 0 Å². The van der Waals surface area contributed by atoms with E-state index in [2.05, 4.69) is 92.7 Å². The second-order valence-electron chi connectivity index (χ2n) is 10.9. The van der Waals surface area contributed by atoms with Crippen LogP contribution in [0.4, 0.5) is 0 Å². The van der Waals surface area contributed by atoms with E-state index in [0.717, 1.165) is 38.7 Å². The average molecular weight is 533 g/mol. The number of para-hydroxylation sites is 2. The maximum Gasteiger partial charge on any atom is 0.231 e. The summed E-state index contributed by atoms with van der Waals surface area (Å²) in [5.74, 6) is 0.535. The van der Waals surface area contributed by atoms with E-state index in [1.54, 1.807) is 12.1 Å². The maximum absolute atomic E-state index is 10.4. The zero-order valence-corrected chi connectivity index (χ0v) is 22.9. The van der Waals surface area contributed by atoms with Crippen LogP contribution < -0.4 is 0 Å². The lowest BCUT2D eigenvalue weighted by molar-refractivity contribution is 0.474. The second-order valence-corrected chi connectivity index (χ2v) is 10.9. The molecule has 0 aliphatic rings. The molecular formula is C37H28N2O2. The number of hydrogen-bond donors (Lipinski definition) is 1. The smallest absolute Gasteiger partial charge is 0.231 e. The molecule has 0 fully saturated rings. The van der Waals surface area contributed by atoms with Crippen LogP contribution in [-0.2, 0) is 5.41 Å². The van der Waals surface area contributed by atoms with Gasteiger partial charge in [0.05, 0.1) is 11.1 Å². The summed E-state index contributed by atoms with van der Waals surface area (Å²) in [5, 5.41) is 11.5. The quantitative estimate of drug-likeness (QED) is 0.240. The van der Waals surface area contributed by atoms with Gasteiger partial charge in [0.25, 0.3) is 0 Å². The SMILES string of the molecule is CC(C)(c1ccccc1)c1cc(-c2cccc(-c3cccc4oc(-c5ccccc5O)nc34)c2)c2ncccc2c1. The Balaban J connectivity index is 1.38. The second kappa shape index (κ2) is 9.76. The number of phenolic OH excluding ortho intramolecular Hbond substituents is 1. The number of benzene rings is 5. The Hall–Kier alpha value is -5.22. The third-order valence-electron chi connectivity index (χ3n) is 7.96. The van der Waals surface area contributed by atoms with Crippen LogP contribution >= 0.6 is 0 Å². The molecule has 0 saturated carbocycles. The Labute approximate surface area is 238 Å². The van der Waals surface area contributed by atoms with Crippen molar-refractivity contribution < 1.29 is 9.52 Å². The van der Waals surface area contributed by atoms with Crippen molar-refractivity contribution in [2.24, 2.45) is 0 Å². The molecule has 5 aromatic carbocycles. The van der Waals surface area contributed by atoms with Gasteiger partial charge in [-0.2, -0.15) is 0 Å². The van der Waals surface area contributed by atoms with Gasteiger partial charge >= 0.3 is 0 Å². The van der Waals surface area contributed by atoms with Crippen molar-refractivity contribution in [2.75, 3.05) is 0 Å². The topological polar surface area (TPSA) is 59.2 Å². The molecule has 0 bridgehead atoms. The molecule has 0 unspecified atom stereocenters. The number of aromatic hydroxyl groups is 1. The average Bonchev–Trinajstić information content (AvgIpc) is 3.45. The van der Waals surface area contributed by atoms with Crippen molar-refractivity contribution in [1.82, 2.24) is 9.97 Å². The van der Waals surface area contributed by atoms with E-state index in [1.165, 1.54) is 11.1 Å². The molecule has 1 N–H and O–H groups in total. The van der Waals surface area contributed by atoms with Gasteiger partial charge in [-0.25, -0.2) is 4.98 Å². The lowest BCUT2D eigenvalue weighted by Crippen LogP contribution is -2.19. The zero-order chi connectivity index (χ0) is 28.0. The maximum atomic E-state index is 10.4. The summed E-state index contributed by atoms with van der Waals surface area (Å²) in [6, 6.07) is 40.9. The lowest BCUT2D eigenvalue weighted by atomic mass is 9.76. The Morgan fingerprint density at radius 3 is 2.17 bits per heavy atom. The van der Waals surface area contributed by atoms with Crippen molar-refractivity contribution in [3.63, 3.8) is 0 Å². The number of nitrogens with zero attached hydrogens (tertiary/aromatic N) is 2. The highest BCUT2D eigenvalue weighted by Crippen LogP contribution is 2.39. The normalized spacial score (nSPS) is 11.8. The van der Waals surface area contributed by atoms with Crippen LogP contribution in [0.15, 0.2) is 132 Å². The highest BCUT2D eigenvalue weighted by atomic mass is 16.3. The van der Waals surface area contributed by atoms with Gasteiger partial charge in [-0.3, -0.25) is 4.98 Å². The van der Waals surface area contributed by atoms with Crippen LogP contribution in [0.25, 0.3) is 55.7 Å². The Morgan fingerprint density at radius 2 is 1.34 bits per heavy atom. The molecule has 198 valence electrons. The van der Waals surface area contributed by atoms with Gasteiger partial charge in [0, 0.05) is 28.1 Å². The monoisotopic (exact) mass is 532 g/mol. The summed E-state index contributed by atoms with van der Waals surface area (Å²) in [7, 11) is 0. The molecule has 7 aromatic rings. The first-order chi connectivity index (χ1) is 20.0. The first kappa shape index (κ1) is 24.8. The van der Waals surface area contributed by atoms with Gasteiger partial charge in [-0.05, 0) is 64.7 Å². The molecule has 7 rings (SSSR count). The van der Waals surface area contributed by atoms with Crippen molar-refractivity contribution in [3.05, 3.63) is 139 Å². The van der Waals surface area contributed by atoms with E-state index in [-0.39, 0.29) is 11.2 Å². The summed E-state index contributed by atoms with van der Waals surface area (Å²) < 4.78 is 6.08. The number of phenols is 1. The van der Waals surface area contributed by atoms with Crippen LogP contribution in [-0.4, -0.2) is 15.1 Å². The minimum atomic E-state index is -0.191. The van der Waals surface area contributed by atoms with Gasteiger partial charge in [0.15, 0.2) is 5.58 Å². The lowest BCUT2D eigenvalue weighted by Gasteiger charge is -2.27. The zero-order valence-electron chi connectivity index (χ0n) is 22.9. The summed E-state index contributed by atoms with van der Waals surface area (Å²) >= 11 is 0. The number of oxazole rings is 1. The Kier molecular flexibility index (Phi) is 5.90. The van der Waals surface area contributed by atoms with Crippen molar-refractivity contribution >= 4 is 22.0 Å². The minimum Gasteiger partial charge on any atom is -0.507 e. The van der Waals surface area contributed by atoms with Crippen molar-refractivity contribution in [2.45, 2.75) is 19.3 Å². The van der Waals surface area contributed by atoms with Crippen molar-refractivity contribution in [3.8, 4) is 39.5 Å². The highest BCUT2D eigenvalue weighted by Gasteiger charge is 2.25. The number of fused-ring (bicyclic) bond motifs is 2. The largest absolute Gasteiger partial charge is 0.507 e. The molecule has 4 nitrogen and oxygen atoms in total. The molecule has 4 heteroatoms. The summed E-state index contributed by atoms with van der Waals surface area (Å²) in [4.78, 5) is 9.61. The van der Waals surface area contributed by atoms with Gasteiger partial charge in [0.1, 0.15) is 11.3 Å². The molecule has 0 radical (unpaired) electrons. The molecule has 0 amide bonds. The number of aromatic nitrogens is 2. The summed E-state index contributed by atoms with van der Waals surface area (Å²) in [6.45, 7) is 4.54. The molecule has 0 saturated heterocycles. The minimum absolute atomic E-state index is 0.139. The number of hydrogen-bond acceptors (Lipinski definition) is 4. The number of pyridine rings is 1. The fourth-order valence-electron chi connectivity index (χ4n) is 5.60. The van der Waals surface area contributed by atoms with Gasteiger partial charge in [-0.1, -0.05) is 92.7 Å². The highest BCUT2D eigenvalue weighted by molar-refractivity contribution is 5.97. The molecule has 2 aromatic heterocycles. The van der Waals surface area contributed by atoms with Crippen LogP contribution in [0.2, 0.25) is 0 Å². The van der Waals surface area contributed by atoms with Gasteiger partial charge in [-0.15, -0.1) is 0 Å². The molecule has 0 aliphatic carbocycles. The Bertz CT molecular complexity index is 2040. The number of rotatable bonds is 5. The molecule has 0 atom stereocenters. The summed E-state index contributed by atoms with van der Waals surface area (Å²) in [6.07, 6.45) is 1.86. The Morgan fingerprint density at radius 1 is 0.610 bits per heavy atom. The molecule has 41 heavy (non-hydrogen) atoms. The van der Waals surface area contributed by atoms with E-state index in [9.17, 15) is 5.11 Å². The van der Waals surface area contributed by atoms with E-state index in [1.807, 2.05) is 36.5 Å². The van der Waals surface area contributed by atoms with Crippen LogP contribution in [0, 0.1) is 0 Å². The molecule has 0 aliphatic heterocycles. The molecule has 0 spiro atoms. The summed E-state index contributed by atoms with van der Waals surface area (Å²) in [5.41, 5.74) is 9.44. The molecular weight excluding hydrogens is 504 g/mol. The fraction of sp³-hybridized carbons (Fsp3) is 0.0811. The first-order valence-corrected chi connectivity index (χ1v) is 13.7. The van der Waals surface area contributed by atoms with Crippen LogP contribution in [0.5, 0.6) is 5.75 Å². The van der Waals surface area contributed by atoms with E-state index in [0.29, 0.717) is 17.0 Å². The van der Waals surface area contributed by atoms with E-state index < -0.39 is 0 Å². The van der Waals surface area contributed by atoms with Gasteiger partial charge < -0.3 is 9.52 Å². The first-order valence-electron chi connectivity index (χ1n) is 13.7. The fourth-order valence-corrected chi connectivity index (χ4v) is 5.60. The molecule has 2 heterocycles. The predicted octanol–water partition coefficient (Wildman–Crippen LogP) is 9.41. The standard InChI is InChI=1S/C37H28N2O2/c1-37(2,27-14-4-3-5-15-27)28-22-26-13-10-20-38-34(26)31(23-28)25-12-8-11-24(21-25)29-17-9-19-33-35(29)39-36(41-33)30-16-6-7-18-32(30)40/h3-23,40H,1-2H3. The van der Waals surface area contributed by atoms with Crippen LogP contribution in [0.3, 0.4) is 0 Å². The third-order valence-corrected chi connectivity index (χ3v) is 7.96.